The Morgan fingerprint density at radius 1 is 1.31 bits per heavy atom. The molecule has 0 aliphatic heterocycles. The van der Waals surface area contributed by atoms with Crippen molar-refractivity contribution in [1.82, 2.24) is 15.1 Å². The predicted octanol–water partition coefficient (Wildman–Crippen LogP) is 1.55. The minimum Gasteiger partial charge on any atom is -0.380 e. The molecule has 0 aliphatic carbocycles. The van der Waals surface area contributed by atoms with E-state index in [1.807, 2.05) is 11.7 Å². The molecule has 1 aromatic rings. The molecule has 0 saturated heterocycles. The third-order valence-electron chi connectivity index (χ3n) is 2.73. The molecule has 1 aromatic heterocycles. The molecule has 0 radical (unpaired) electrons. The highest BCUT2D eigenvalue weighted by atomic mass is 16.5. The van der Waals surface area contributed by atoms with Gasteiger partial charge in [0.05, 0.1) is 12.3 Å². The monoisotopic (exact) mass is 225 g/mol. The van der Waals surface area contributed by atoms with E-state index in [2.05, 4.69) is 31.2 Å². The highest BCUT2D eigenvalue weighted by Crippen LogP contribution is 2.10. The van der Waals surface area contributed by atoms with Gasteiger partial charge in [0.15, 0.2) is 0 Å². The van der Waals surface area contributed by atoms with E-state index in [0.717, 1.165) is 38.4 Å². The van der Waals surface area contributed by atoms with Crippen LogP contribution >= 0.6 is 0 Å². The van der Waals surface area contributed by atoms with Crippen LogP contribution < -0.4 is 5.32 Å². The summed E-state index contributed by atoms with van der Waals surface area (Å²) in [7, 11) is 1.98. The van der Waals surface area contributed by atoms with E-state index in [9.17, 15) is 0 Å². The number of ether oxygens (including phenoxy) is 1. The van der Waals surface area contributed by atoms with Crippen LogP contribution in [0.1, 0.15) is 30.3 Å². The van der Waals surface area contributed by atoms with Crippen LogP contribution in [0.25, 0.3) is 0 Å². The van der Waals surface area contributed by atoms with E-state index in [1.165, 1.54) is 11.3 Å². The van der Waals surface area contributed by atoms with Gasteiger partial charge in [-0.3, -0.25) is 4.68 Å². The fraction of sp³-hybridized carbons (Fsp3) is 0.750. The maximum Gasteiger partial charge on any atom is 0.0641 e. The van der Waals surface area contributed by atoms with Gasteiger partial charge in [0.25, 0.3) is 0 Å². The van der Waals surface area contributed by atoms with E-state index in [0.29, 0.717) is 0 Å². The van der Waals surface area contributed by atoms with Crippen LogP contribution in [0.3, 0.4) is 0 Å². The van der Waals surface area contributed by atoms with Crippen LogP contribution in [0.5, 0.6) is 0 Å². The standard InChI is InChI=1S/C12H23N3O/c1-5-7-16-8-6-13-9-12-10(2)14-15(4)11(12)3/h13H,5-9H2,1-4H3. The molecule has 0 amide bonds. The van der Waals surface area contributed by atoms with Crippen LogP contribution in [0.2, 0.25) is 0 Å². The molecule has 4 nitrogen and oxygen atoms in total. The lowest BCUT2D eigenvalue weighted by molar-refractivity contribution is 0.136. The molecule has 1 rings (SSSR count). The molecular weight excluding hydrogens is 202 g/mol. The zero-order valence-corrected chi connectivity index (χ0v) is 10.8. The maximum atomic E-state index is 5.40. The summed E-state index contributed by atoms with van der Waals surface area (Å²) in [5, 5.41) is 7.76. The minimum absolute atomic E-state index is 0.784. The van der Waals surface area contributed by atoms with Gasteiger partial charge in [-0.1, -0.05) is 6.92 Å². The zero-order chi connectivity index (χ0) is 12.0. The predicted molar refractivity (Wildman–Crippen MR) is 65.5 cm³/mol. The molecule has 0 unspecified atom stereocenters. The van der Waals surface area contributed by atoms with Crippen molar-refractivity contribution >= 4 is 0 Å². The number of nitrogens with zero attached hydrogens (tertiary/aromatic N) is 2. The third-order valence-corrected chi connectivity index (χ3v) is 2.73. The Kier molecular flexibility index (Phi) is 5.49. The van der Waals surface area contributed by atoms with Crippen LogP contribution in [0, 0.1) is 13.8 Å². The first-order chi connectivity index (χ1) is 7.66. The average molecular weight is 225 g/mol. The number of hydrogen-bond donors (Lipinski definition) is 1. The molecule has 4 heteroatoms. The lowest BCUT2D eigenvalue weighted by atomic mass is 10.2. The Hall–Kier alpha value is -0.870. The Labute approximate surface area is 98.0 Å². The summed E-state index contributed by atoms with van der Waals surface area (Å²) >= 11 is 0. The largest absolute Gasteiger partial charge is 0.380 e. The van der Waals surface area contributed by atoms with Gasteiger partial charge in [0, 0.05) is 38.0 Å². The molecule has 1 heterocycles. The summed E-state index contributed by atoms with van der Waals surface area (Å²) in [6, 6.07) is 0. The number of aromatic nitrogens is 2. The lowest BCUT2D eigenvalue weighted by Crippen LogP contribution is -2.20. The summed E-state index contributed by atoms with van der Waals surface area (Å²) < 4.78 is 7.33. The molecule has 0 atom stereocenters. The van der Waals surface area contributed by atoms with Crippen LogP contribution in [0.4, 0.5) is 0 Å². The van der Waals surface area contributed by atoms with Crippen molar-refractivity contribution in [2.24, 2.45) is 7.05 Å². The summed E-state index contributed by atoms with van der Waals surface area (Å²) in [6.07, 6.45) is 1.08. The van der Waals surface area contributed by atoms with Crippen molar-refractivity contribution in [2.75, 3.05) is 19.8 Å². The number of rotatable bonds is 7. The third kappa shape index (κ3) is 3.61. The van der Waals surface area contributed by atoms with Gasteiger partial charge in [-0.05, 0) is 20.3 Å². The fourth-order valence-electron chi connectivity index (χ4n) is 1.68. The lowest BCUT2D eigenvalue weighted by Gasteiger charge is -2.06. The molecule has 0 saturated carbocycles. The highest BCUT2D eigenvalue weighted by Gasteiger charge is 2.07. The van der Waals surface area contributed by atoms with Gasteiger partial charge in [0.2, 0.25) is 0 Å². The topological polar surface area (TPSA) is 39.1 Å². The second-order valence-corrected chi connectivity index (χ2v) is 4.06. The Morgan fingerprint density at radius 3 is 2.62 bits per heavy atom. The molecular formula is C12H23N3O. The Bertz CT molecular complexity index is 320. The summed E-state index contributed by atoms with van der Waals surface area (Å²) in [4.78, 5) is 0. The summed E-state index contributed by atoms with van der Waals surface area (Å²) in [5.74, 6) is 0. The van der Waals surface area contributed by atoms with Gasteiger partial charge in [-0.15, -0.1) is 0 Å². The fourth-order valence-corrected chi connectivity index (χ4v) is 1.68. The van der Waals surface area contributed by atoms with Crippen LogP contribution in [-0.2, 0) is 18.3 Å². The smallest absolute Gasteiger partial charge is 0.0641 e. The molecule has 0 aromatic carbocycles. The number of aryl methyl sites for hydroxylation is 2. The normalized spacial score (nSPS) is 11.0. The quantitative estimate of drug-likeness (QED) is 0.716. The van der Waals surface area contributed by atoms with E-state index < -0.39 is 0 Å². The van der Waals surface area contributed by atoms with E-state index in [-0.39, 0.29) is 0 Å². The van der Waals surface area contributed by atoms with Gasteiger partial charge in [0.1, 0.15) is 0 Å². The second kappa shape index (κ2) is 6.66. The van der Waals surface area contributed by atoms with Crippen molar-refractivity contribution in [2.45, 2.75) is 33.7 Å². The molecule has 0 spiro atoms. The van der Waals surface area contributed by atoms with Gasteiger partial charge >= 0.3 is 0 Å². The Balaban J connectivity index is 2.26. The second-order valence-electron chi connectivity index (χ2n) is 4.06. The minimum atomic E-state index is 0.784. The zero-order valence-electron chi connectivity index (χ0n) is 10.8. The van der Waals surface area contributed by atoms with Gasteiger partial charge in [-0.2, -0.15) is 5.10 Å². The van der Waals surface area contributed by atoms with Gasteiger partial charge < -0.3 is 10.1 Å². The molecule has 0 fully saturated rings. The first kappa shape index (κ1) is 13.2. The van der Waals surface area contributed by atoms with Crippen molar-refractivity contribution in [3.63, 3.8) is 0 Å². The summed E-state index contributed by atoms with van der Waals surface area (Å²) in [6.45, 7) is 9.69. The first-order valence-electron chi connectivity index (χ1n) is 5.94. The molecule has 1 N–H and O–H groups in total. The summed E-state index contributed by atoms with van der Waals surface area (Å²) in [5.41, 5.74) is 3.65. The van der Waals surface area contributed by atoms with E-state index >= 15 is 0 Å². The van der Waals surface area contributed by atoms with Crippen molar-refractivity contribution in [3.8, 4) is 0 Å². The van der Waals surface area contributed by atoms with Crippen molar-refractivity contribution < 1.29 is 4.74 Å². The average Bonchev–Trinajstić information content (AvgIpc) is 2.49. The van der Waals surface area contributed by atoms with E-state index in [4.69, 9.17) is 4.74 Å². The highest BCUT2D eigenvalue weighted by molar-refractivity contribution is 5.23. The van der Waals surface area contributed by atoms with Gasteiger partial charge in [-0.25, -0.2) is 0 Å². The molecule has 0 aliphatic rings. The van der Waals surface area contributed by atoms with E-state index in [1.54, 1.807) is 0 Å². The maximum absolute atomic E-state index is 5.40. The SMILES string of the molecule is CCCOCCNCc1c(C)nn(C)c1C. The van der Waals surface area contributed by atoms with Crippen LogP contribution in [0.15, 0.2) is 0 Å². The molecule has 0 bridgehead atoms. The van der Waals surface area contributed by atoms with Crippen molar-refractivity contribution in [3.05, 3.63) is 17.0 Å². The first-order valence-corrected chi connectivity index (χ1v) is 5.94. The number of nitrogens with one attached hydrogen (secondary N) is 1. The van der Waals surface area contributed by atoms with Crippen LogP contribution in [-0.4, -0.2) is 29.5 Å². The molecule has 16 heavy (non-hydrogen) atoms. The van der Waals surface area contributed by atoms with Crippen molar-refractivity contribution in [1.29, 1.82) is 0 Å². The number of hydrogen-bond acceptors (Lipinski definition) is 3. The molecule has 92 valence electrons. The Morgan fingerprint density at radius 2 is 2.06 bits per heavy atom.